The van der Waals surface area contributed by atoms with Crippen LogP contribution in [0, 0.1) is 6.92 Å². The van der Waals surface area contributed by atoms with Gasteiger partial charge in [-0.05, 0) is 48.7 Å². The SMILES string of the molecule is CC[C@@H](Oc1cccc(C)c1)C(=O)NCc1cccc(C(F)(F)F)c1. The van der Waals surface area contributed by atoms with Crippen LogP contribution in [0.3, 0.4) is 0 Å². The monoisotopic (exact) mass is 351 g/mol. The first-order chi connectivity index (χ1) is 11.8. The lowest BCUT2D eigenvalue weighted by Gasteiger charge is -2.18. The zero-order valence-electron chi connectivity index (χ0n) is 14.1. The average Bonchev–Trinajstić information content (AvgIpc) is 2.57. The van der Waals surface area contributed by atoms with E-state index in [9.17, 15) is 18.0 Å². The highest BCUT2D eigenvalue weighted by Crippen LogP contribution is 2.29. The molecule has 0 spiro atoms. The average molecular weight is 351 g/mol. The van der Waals surface area contributed by atoms with Gasteiger partial charge in [0, 0.05) is 6.54 Å². The molecule has 0 saturated carbocycles. The van der Waals surface area contributed by atoms with Crippen LogP contribution in [-0.2, 0) is 17.5 Å². The van der Waals surface area contributed by atoms with E-state index in [1.54, 1.807) is 6.07 Å². The van der Waals surface area contributed by atoms with Crippen LogP contribution in [0.25, 0.3) is 0 Å². The number of hydrogen-bond donors (Lipinski definition) is 1. The summed E-state index contributed by atoms with van der Waals surface area (Å²) in [6.45, 7) is 3.74. The fourth-order valence-corrected chi connectivity index (χ4v) is 2.34. The lowest BCUT2D eigenvalue weighted by atomic mass is 10.1. The molecule has 0 radical (unpaired) electrons. The molecule has 134 valence electrons. The number of nitrogens with one attached hydrogen (secondary N) is 1. The van der Waals surface area contributed by atoms with Gasteiger partial charge in [0.25, 0.3) is 5.91 Å². The van der Waals surface area contributed by atoms with Crippen LogP contribution in [0.5, 0.6) is 5.75 Å². The highest BCUT2D eigenvalue weighted by atomic mass is 19.4. The predicted molar refractivity (Wildman–Crippen MR) is 89.2 cm³/mol. The van der Waals surface area contributed by atoms with Gasteiger partial charge in [-0.1, -0.05) is 31.2 Å². The van der Waals surface area contributed by atoms with Gasteiger partial charge in [-0.3, -0.25) is 4.79 Å². The van der Waals surface area contributed by atoms with Gasteiger partial charge in [0.1, 0.15) is 5.75 Å². The number of carbonyl (C=O) groups excluding carboxylic acids is 1. The highest BCUT2D eigenvalue weighted by molar-refractivity contribution is 5.81. The van der Waals surface area contributed by atoms with Crippen LogP contribution < -0.4 is 10.1 Å². The van der Waals surface area contributed by atoms with Crippen LogP contribution in [0.4, 0.5) is 13.2 Å². The maximum absolute atomic E-state index is 12.7. The van der Waals surface area contributed by atoms with Crippen molar-refractivity contribution in [3.63, 3.8) is 0 Å². The summed E-state index contributed by atoms with van der Waals surface area (Å²) >= 11 is 0. The Morgan fingerprint density at radius 1 is 1.16 bits per heavy atom. The fraction of sp³-hybridized carbons (Fsp3) is 0.316. The molecule has 0 bridgehead atoms. The second kappa shape index (κ2) is 8.05. The molecular weight excluding hydrogens is 331 g/mol. The Balaban J connectivity index is 1.98. The van der Waals surface area contributed by atoms with Gasteiger partial charge in [0.05, 0.1) is 5.56 Å². The van der Waals surface area contributed by atoms with Crippen molar-refractivity contribution in [2.24, 2.45) is 0 Å². The molecule has 6 heteroatoms. The van der Waals surface area contributed by atoms with Crippen molar-refractivity contribution >= 4 is 5.91 Å². The lowest BCUT2D eigenvalue weighted by molar-refractivity contribution is -0.137. The zero-order chi connectivity index (χ0) is 18.4. The largest absolute Gasteiger partial charge is 0.481 e. The van der Waals surface area contributed by atoms with Crippen molar-refractivity contribution in [2.45, 2.75) is 39.1 Å². The third-order valence-corrected chi connectivity index (χ3v) is 3.65. The molecular formula is C19H20F3NO2. The first kappa shape index (κ1) is 18.8. The number of carbonyl (C=O) groups is 1. The van der Waals surface area contributed by atoms with Gasteiger partial charge >= 0.3 is 6.18 Å². The molecule has 2 rings (SSSR count). The Kier molecular flexibility index (Phi) is 6.07. The molecule has 3 nitrogen and oxygen atoms in total. The van der Waals surface area contributed by atoms with Crippen LogP contribution >= 0.6 is 0 Å². The number of amides is 1. The van der Waals surface area contributed by atoms with Crippen molar-refractivity contribution < 1.29 is 22.7 Å². The van der Waals surface area contributed by atoms with Crippen molar-refractivity contribution in [2.75, 3.05) is 0 Å². The molecule has 0 heterocycles. The summed E-state index contributed by atoms with van der Waals surface area (Å²) in [5.74, 6) is 0.225. The van der Waals surface area contributed by atoms with Gasteiger partial charge in [-0.25, -0.2) is 0 Å². The van der Waals surface area contributed by atoms with Crippen molar-refractivity contribution in [3.8, 4) is 5.75 Å². The Morgan fingerprint density at radius 3 is 2.52 bits per heavy atom. The molecule has 0 aliphatic heterocycles. The number of aryl methyl sites for hydroxylation is 1. The molecule has 25 heavy (non-hydrogen) atoms. The van der Waals surface area contributed by atoms with E-state index in [-0.39, 0.29) is 12.5 Å². The van der Waals surface area contributed by atoms with Gasteiger partial charge in [0.2, 0.25) is 0 Å². The summed E-state index contributed by atoms with van der Waals surface area (Å²) < 4.78 is 43.8. The number of ether oxygens (including phenoxy) is 1. The number of rotatable bonds is 6. The predicted octanol–water partition coefficient (Wildman–Crippen LogP) is 4.49. The molecule has 0 aromatic heterocycles. The van der Waals surface area contributed by atoms with Gasteiger partial charge in [-0.15, -0.1) is 0 Å². The van der Waals surface area contributed by atoms with Crippen LogP contribution in [0.2, 0.25) is 0 Å². The van der Waals surface area contributed by atoms with Crippen molar-refractivity contribution in [3.05, 3.63) is 65.2 Å². The third kappa shape index (κ3) is 5.52. The summed E-state index contributed by atoms with van der Waals surface area (Å²) in [4.78, 5) is 12.3. The van der Waals surface area contributed by atoms with Crippen LogP contribution in [-0.4, -0.2) is 12.0 Å². The Labute approximate surface area is 144 Å². The molecule has 2 aromatic rings. The van der Waals surface area contributed by atoms with Crippen LogP contribution in [0.1, 0.15) is 30.0 Å². The Morgan fingerprint density at radius 2 is 1.88 bits per heavy atom. The maximum atomic E-state index is 12.7. The summed E-state index contributed by atoms with van der Waals surface area (Å²) in [6, 6.07) is 12.2. The highest BCUT2D eigenvalue weighted by Gasteiger charge is 2.30. The fourth-order valence-electron chi connectivity index (χ4n) is 2.34. The molecule has 1 amide bonds. The summed E-state index contributed by atoms with van der Waals surface area (Å²) in [7, 11) is 0. The lowest BCUT2D eigenvalue weighted by Crippen LogP contribution is -2.37. The second-order valence-electron chi connectivity index (χ2n) is 5.75. The van der Waals surface area contributed by atoms with E-state index in [2.05, 4.69) is 5.32 Å². The minimum absolute atomic E-state index is 0.0103. The first-order valence-electron chi connectivity index (χ1n) is 7.96. The minimum atomic E-state index is -4.40. The van der Waals surface area contributed by atoms with Crippen molar-refractivity contribution in [1.29, 1.82) is 0 Å². The van der Waals surface area contributed by atoms with Crippen LogP contribution in [0.15, 0.2) is 48.5 Å². The van der Waals surface area contributed by atoms with Gasteiger partial charge in [0.15, 0.2) is 6.10 Å². The quantitative estimate of drug-likeness (QED) is 0.833. The summed E-state index contributed by atoms with van der Waals surface area (Å²) in [5, 5.41) is 2.63. The van der Waals surface area contributed by atoms with E-state index < -0.39 is 17.8 Å². The summed E-state index contributed by atoms with van der Waals surface area (Å²) in [5.41, 5.74) is 0.660. The van der Waals surface area contributed by atoms with E-state index in [4.69, 9.17) is 4.74 Å². The molecule has 0 aliphatic carbocycles. The molecule has 1 atom stereocenters. The number of alkyl halides is 3. The second-order valence-corrected chi connectivity index (χ2v) is 5.75. The van der Waals surface area contributed by atoms with Gasteiger partial charge < -0.3 is 10.1 Å². The van der Waals surface area contributed by atoms with E-state index in [1.165, 1.54) is 12.1 Å². The minimum Gasteiger partial charge on any atom is -0.481 e. The maximum Gasteiger partial charge on any atom is 0.416 e. The Hall–Kier alpha value is -2.50. The smallest absolute Gasteiger partial charge is 0.416 e. The summed E-state index contributed by atoms with van der Waals surface area (Å²) in [6.07, 6.45) is -4.66. The Bertz CT molecular complexity index is 729. The molecule has 0 fully saturated rings. The third-order valence-electron chi connectivity index (χ3n) is 3.65. The zero-order valence-corrected chi connectivity index (χ0v) is 14.1. The van der Waals surface area contributed by atoms with E-state index in [1.807, 2.05) is 32.0 Å². The van der Waals surface area contributed by atoms with Gasteiger partial charge in [-0.2, -0.15) is 13.2 Å². The number of benzene rings is 2. The first-order valence-corrected chi connectivity index (χ1v) is 7.96. The molecule has 0 aliphatic rings. The number of halogens is 3. The topological polar surface area (TPSA) is 38.3 Å². The number of hydrogen-bond acceptors (Lipinski definition) is 2. The van der Waals surface area contributed by atoms with Crippen molar-refractivity contribution in [1.82, 2.24) is 5.32 Å². The molecule has 2 aromatic carbocycles. The van der Waals surface area contributed by atoms with E-state index in [0.717, 1.165) is 17.7 Å². The standard InChI is InChI=1S/C19H20F3NO2/c1-3-17(25-16-9-4-6-13(2)10-16)18(24)23-12-14-7-5-8-15(11-14)19(20,21)22/h4-11,17H,3,12H2,1-2H3,(H,23,24)/t17-/m1/s1. The normalized spacial score (nSPS) is 12.5. The molecule has 1 N–H and O–H groups in total. The molecule has 0 saturated heterocycles. The van der Waals surface area contributed by atoms with E-state index in [0.29, 0.717) is 17.7 Å². The van der Waals surface area contributed by atoms with E-state index >= 15 is 0 Å². The molecule has 0 unspecified atom stereocenters.